The van der Waals surface area contributed by atoms with Crippen molar-refractivity contribution in [1.29, 1.82) is 0 Å². The van der Waals surface area contributed by atoms with Crippen LogP contribution in [0.2, 0.25) is 0 Å². The van der Waals surface area contributed by atoms with Gasteiger partial charge in [0.15, 0.2) is 0 Å². The molecule has 1 atom stereocenters. The predicted molar refractivity (Wildman–Crippen MR) is 96.7 cm³/mol. The molecule has 1 aliphatic heterocycles. The first kappa shape index (κ1) is 18.4. The van der Waals surface area contributed by atoms with Crippen molar-refractivity contribution in [2.75, 3.05) is 13.1 Å². The first-order valence-electron chi connectivity index (χ1n) is 9.15. The van der Waals surface area contributed by atoms with Gasteiger partial charge < -0.3 is 10.6 Å². The van der Waals surface area contributed by atoms with Crippen LogP contribution in [0.1, 0.15) is 55.3 Å². The largest absolute Gasteiger partial charge is 0.334 e. The van der Waals surface area contributed by atoms with E-state index in [0.29, 0.717) is 18.7 Å². The predicted octanol–water partition coefficient (Wildman–Crippen LogP) is 1.86. The Labute approximate surface area is 149 Å². The molecule has 1 saturated heterocycles. The Bertz CT molecular complexity index is 714. The zero-order valence-corrected chi connectivity index (χ0v) is 15.3. The molecule has 1 unspecified atom stereocenters. The van der Waals surface area contributed by atoms with Gasteiger partial charge in [-0.2, -0.15) is 0 Å². The number of nitrogens with two attached hydrogens (primary N) is 1. The number of rotatable bonds is 5. The molecular formula is C18H27N3O3S. The zero-order valence-electron chi connectivity index (χ0n) is 14.5. The van der Waals surface area contributed by atoms with Crippen LogP contribution in [-0.4, -0.2) is 44.4 Å². The standard InChI is InChI=1S/C18H27N3O3S/c19-13-16-9-3-4-11-21(16)18(22)14-6-5-10-17(12-14)25(23,24)20-15-7-1-2-8-15/h5-6,10,12,15-16,20H,1-4,7-9,11,13,19H2. The normalized spacial score (nSPS) is 22.3. The van der Waals surface area contributed by atoms with Gasteiger partial charge in [-0.25, -0.2) is 13.1 Å². The highest BCUT2D eigenvalue weighted by molar-refractivity contribution is 7.89. The minimum Gasteiger partial charge on any atom is -0.334 e. The summed E-state index contributed by atoms with van der Waals surface area (Å²) < 4.78 is 28.0. The minimum atomic E-state index is -3.59. The van der Waals surface area contributed by atoms with E-state index >= 15 is 0 Å². The number of likely N-dealkylation sites (tertiary alicyclic amines) is 1. The summed E-state index contributed by atoms with van der Waals surface area (Å²) in [6.45, 7) is 1.12. The van der Waals surface area contributed by atoms with E-state index < -0.39 is 10.0 Å². The van der Waals surface area contributed by atoms with Crippen LogP contribution < -0.4 is 10.5 Å². The summed E-state index contributed by atoms with van der Waals surface area (Å²) in [6, 6.07) is 6.40. The number of amides is 1. The maximum absolute atomic E-state index is 12.8. The SMILES string of the molecule is NCC1CCCCN1C(=O)c1cccc(S(=O)(=O)NC2CCCC2)c1. The Morgan fingerprint density at radius 1 is 1.16 bits per heavy atom. The summed E-state index contributed by atoms with van der Waals surface area (Å²) in [6.07, 6.45) is 6.81. The van der Waals surface area contributed by atoms with Gasteiger partial charge >= 0.3 is 0 Å². The van der Waals surface area contributed by atoms with E-state index in [1.807, 2.05) is 0 Å². The fraction of sp³-hybridized carbons (Fsp3) is 0.611. The van der Waals surface area contributed by atoms with Crippen molar-refractivity contribution >= 4 is 15.9 Å². The summed E-state index contributed by atoms with van der Waals surface area (Å²) in [5.74, 6) is -0.131. The molecule has 7 heteroatoms. The van der Waals surface area contributed by atoms with Crippen LogP contribution in [0, 0.1) is 0 Å². The van der Waals surface area contributed by atoms with Crippen molar-refractivity contribution in [2.45, 2.75) is 61.9 Å². The average molecular weight is 365 g/mol. The monoisotopic (exact) mass is 365 g/mol. The Kier molecular flexibility index (Phi) is 5.76. The smallest absolute Gasteiger partial charge is 0.254 e. The molecular weight excluding hydrogens is 338 g/mol. The Morgan fingerprint density at radius 3 is 2.60 bits per heavy atom. The molecule has 0 aromatic heterocycles. The van der Waals surface area contributed by atoms with Crippen molar-refractivity contribution in [3.05, 3.63) is 29.8 Å². The van der Waals surface area contributed by atoms with Crippen LogP contribution in [0.5, 0.6) is 0 Å². The highest BCUT2D eigenvalue weighted by atomic mass is 32.2. The fourth-order valence-corrected chi connectivity index (χ4v) is 5.16. The van der Waals surface area contributed by atoms with Gasteiger partial charge in [0.1, 0.15) is 0 Å². The van der Waals surface area contributed by atoms with Gasteiger partial charge in [0.05, 0.1) is 4.90 Å². The van der Waals surface area contributed by atoms with Gasteiger partial charge in [-0.05, 0) is 50.3 Å². The lowest BCUT2D eigenvalue weighted by Crippen LogP contribution is -2.47. The molecule has 3 rings (SSSR count). The quantitative estimate of drug-likeness (QED) is 0.833. The summed E-state index contributed by atoms with van der Waals surface area (Å²) >= 11 is 0. The summed E-state index contributed by atoms with van der Waals surface area (Å²) in [5.41, 5.74) is 6.21. The maximum atomic E-state index is 12.8. The van der Waals surface area contributed by atoms with Gasteiger partial charge in [0, 0.05) is 30.7 Å². The van der Waals surface area contributed by atoms with Crippen LogP contribution in [0.15, 0.2) is 29.2 Å². The molecule has 1 heterocycles. The molecule has 138 valence electrons. The van der Waals surface area contributed by atoms with Gasteiger partial charge in [-0.3, -0.25) is 4.79 Å². The van der Waals surface area contributed by atoms with Crippen molar-refractivity contribution in [3.8, 4) is 0 Å². The summed E-state index contributed by atoms with van der Waals surface area (Å²) in [5, 5.41) is 0. The molecule has 1 amide bonds. The van der Waals surface area contributed by atoms with E-state index in [-0.39, 0.29) is 22.9 Å². The Hall–Kier alpha value is -1.44. The number of carbonyl (C=O) groups excluding carboxylic acids is 1. The Morgan fingerprint density at radius 2 is 1.88 bits per heavy atom. The minimum absolute atomic E-state index is 0.00747. The first-order valence-corrected chi connectivity index (χ1v) is 10.6. The van der Waals surface area contributed by atoms with E-state index in [4.69, 9.17) is 5.73 Å². The molecule has 25 heavy (non-hydrogen) atoms. The maximum Gasteiger partial charge on any atom is 0.254 e. The van der Waals surface area contributed by atoms with Gasteiger partial charge in [0.25, 0.3) is 5.91 Å². The number of nitrogens with zero attached hydrogens (tertiary/aromatic N) is 1. The first-order chi connectivity index (χ1) is 12.0. The molecule has 0 spiro atoms. The lowest BCUT2D eigenvalue weighted by atomic mass is 10.0. The highest BCUT2D eigenvalue weighted by Crippen LogP contribution is 2.23. The molecule has 1 aromatic carbocycles. The zero-order chi connectivity index (χ0) is 17.9. The lowest BCUT2D eigenvalue weighted by molar-refractivity contribution is 0.0623. The highest BCUT2D eigenvalue weighted by Gasteiger charge is 2.28. The van der Waals surface area contributed by atoms with Crippen molar-refractivity contribution in [3.63, 3.8) is 0 Å². The summed E-state index contributed by atoms with van der Waals surface area (Å²) in [7, 11) is -3.59. The third-order valence-electron chi connectivity index (χ3n) is 5.23. The number of sulfonamides is 1. The second-order valence-electron chi connectivity index (χ2n) is 7.01. The molecule has 1 aliphatic carbocycles. The lowest BCUT2D eigenvalue weighted by Gasteiger charge is -2.35. The average Bonchev–Trinajstić information content (AvgIpc) is 3.13. The van der Waals surface area contributed by atoms with Crippen LogP contribution in [0.4, 0.5) is 0 Å². The second-order valence-corrected chi connectivity index (χ2v) is 8.73. The number of hydrogen-bond acceptors (Lipinski definition) is 4. The molecule has 3 N–H and O–H groups in total. The summed E-state index contributed by atoms with van der Waals surface area (Å²) in [4.78, 5) is 14.8. The van der Waals surface area contributed by atoms with Crippen LogP contribution >= 0.6 is 0 Å². The van der Waals surface area contributed by atoms with E-state index in [9.17, 15) is 13.2 Å². The topological polar surface area (TPSA) is 92.5 Å². The molecule has 1 aromatic rings. The molecule has 0 radical (unpaired) electrons. The number of carbonyl (C=O) groups is 1. The number of benzene rings is 1. The number of piperidine rings is 1. The Balaban J connectivity index is 1.79. The number of nitrogens with one attached hydrogen (secondary N) is 1. The van der Waals surface area contributed by atoms with Crippen LogP contribution in [0.25, 0.3) is 0 Å². The van der Waals surface area contributed by atoms with Gasteiger partial charge in [0.2, 0.25) is 10.0 Å². The van der Waals surface area contributed by atoms with Crippen molar-refractivity contribution < 1.29 is 13.2 Å². The van der Waals surface area contributed by atoms with Gasteiger partial charge in [-0.1, -0.05) is 18.9 Å². The van der Waals surface area contributed by atoms with Gasteiger partial charge in [-0.15, -0.1) is 0 Å². The third-order valence-corrected chi connectivity index (χ3v) is 6.75. The second kappa shape index (κ2) is 7.85. The van der Waals surface area contributed by atoms with E-state index in [0.717, 1.165) is 44.9 Å². The molecule has 0 bridgehead atoms. The molecule has 2 aliphatic rings. The number of hydrogen-bond donors (Lipinski definition) is 2. The van der Waals surface area contributed by atoms with E-state index in [1.54, 1.807) is 23.1 Å². The molecule has 1 saturated carbocycles. The van der Waals surface area contributed by atoms with E-state index in [1.165, 1.54) is 6.07 Å². The van der Waals surface area contributed by atoms with Crippen molar-refractivity contribution in [2.24, 2.45) is 5.73 Å². The third kappa shape index (κ3) is 4.22. The van der Waals surface area contributed by atoms with E-state index in [2.05, 4.69) is 4.72 Å². The molecule has 6 nitrogen and oxygen atoms in total. The fourth-order valence-electron chi connectivity index (χ4n) is 3.81. The van der Waals surface area contributed by atoms with Crippen molar-refractivity contribution in [1.82, 2.24) is 9.62 Å². The van der Waals surface area contributed by atoms with Crippen LogP contribution in [-0.2, 0) is 10.0 Å². The van der Waals surface area contributed by atoms with Crippen LogP contribution in [0.3, 0.4) is 0 Å². The molecule has 2 fully saturated rings.